The van der Waals surface area contributed by atoms with Crippen molar-refractivity contribution in [3.63, 3.8) is 0 Å². The standard InChI is InChI=1S/C20H26N4O/c1-22-15-17(14-21-22)18-13-19(18)20(25)24-11-9-23(10-12-24)8-7-16-5-3-2-4-6-16/h2-6,14-15,18-19H,7-13H2,1H3/t18-,19+/m0/s1. The molecule has 0 spiro atoms. The van der Waals surface area contributed by atoms with Crippen LogP contribution < -0.4 is 0 Å². The van der Waals surface area contributed by atoms with Gasteiger partial charge in [-0.2, -0.15) is 5.10 Å². The van der Waals surface area contributed by atoms with Gasteiger partial charge in [-0.05, 0) is 29.9 Å². The van der Waals surface area contributed by atoms with Crippen LogP contribution in [0.2, 0.25) is 0 Å². The molecule has 5 nitrogen and oxygen atoms in total. The molecule has 1 saturated carbocycles. The van der Waals surface area contributed by atoms with Crippen LogP contribution in [-0.4, -0.2) is 58.2 Å². The highest BCUT2D eigenvalue weighted by molar-refractivity contribution is 5.83. The Morgan fingerprint density at radius 3 is 2.60 bits per heavy atom. The van der Waals surface area contributed by atoms with Crippen LogP contribution in [0.5, 0.6) is 0 Å². The number of piperazine rings is 1. The van der Waals surface area contributed by atoms with Gasteiger partial charge in [0.2, 0.25) is 5.91 Å². The zero-order valence-corrected chi connectivity index (χ0v) is 14.8. The fourth-order valence-corrected chi connectivity index (χ4v) is 3.83. The Bertz CT molecular complexity index is 718. The van der Waals surface area contributed by atoms with Crippen LogP contribution in [0.4, 0.5) is 0 Å². The van der Waals surface area contributed by atoms with Gasteiger partial charge < -0.3 is 4.90 Å². The average Bonchev–Trinajstić information content (AvgIpc) is 3.34. The molecule has 1 aromatic carbocycles. The summed E-state index contributed by atoms with van der Waals surface area (Å²) >= 11 is 0. The normalized spacial score (nSPS) is 23.6. The Balaban J connectivity index is 1.23. The van der Waals surface area contributed by atoms with Gasteiger partial charge in [0.25, 0.3) is 0 Å². The van der Waals surface area contributed by atoms with E-state index in [1.54, 1.807) is 0 Å². The van der Waals surface area contributed by atoms with Gasteiger partial charge in [-0.25, -0.2) is 0 Å². The van der Waals surface area contributed by atoms with Crippen molar-refractivity contribution in [1.82, 2.24) is 19.6 Å². The summed E-state index contributed by atoms with van der Waals surface area (Å²) in [6.07, 6.45) is 6.01. The van der Waals surface area contributed by atoms with E-state index in [9.17, 15) is 4.79 Å². The first kappa shape index (κ1) is 16.3. The van der Waals surface area contributed by atoms with Crippen molar-refractivity contribution >= 4 is 5.91 Å². The predicted octanol–water partition coefficient (Wildman–Crippen LogP) is 1.91. The highest BCUT2D eigenvalue weighted by atomic mass is 16.2. The number of carbonyl (C=O) groups is 1. The first-order chi connectivity index (χ1) is 12.2. The predicted molar refractivity (Wildman–Crippen MR) is 97.2 cm³/mol. The molecule has 2 heterocycles. The molecule has 1 amide bonds. The summed E-state index contributed by atoms with van der Waals surface area (Å²) in [4.78, 5) is 17.3. The minimum atomic E-state index is 0.181. The van der Waals surface area contributed by atoms with Gasteiger partial charge in [-0.1, -0.05) is 30.3 Å². The molecule has 0 bridgehead atoms. The molecule has 5 heteroatoms. The summed E-state index contributed by atoms with van der Waals surface area (Å²) in [5.74, 6) is 0.911. The lowest BCUT2D eigenvalue weighted by molar-refractivity contribution is -0.134. The molecular weight excluding hydrogens is 312 g/mol. The fraction of sp³-hybridized carbons (Fsp3) is 0.500. The molecule has 1 aliphatic heterocycles. The number of benzene rings is 1. The van der Waals surface area contributed by atoms with Crippen molar-refractivity contribution in [2.75, 3.05) is 32.7 Å². The second-order valence-corrected chi connectivity index (χ2v) is 7.30. The Morgan fingerprint density at radius 2 is 1.92 bits per heavy atom. The molecule has 2 aromatic rings. The largest absolute Gasteiger partial charge is 0.340 e. The quantitative estimate of drug-likeness (QED) is 0.836. The lowest BCUT2D eigenvalue weighted by Crippen LogP contribution is -2.49. The minimum Gasteiger partial charge on any atom is -0.340 e. The van der Waals surface area contributed by atoms with Gasteiger partial charge in [-0.3, -0.25) is 14.4 Å². The number of nitrogens with zero attached hydrogens (tertiary/aromatic N) is 4. The number of carbonyl (C=O) groups excluding carboxylic acids is 1. The molecule has 0 radical (unpaired) electrons. The van der Waals surface area contributed by atoms with E-state index in [4.69, 9.17) is 0 Å². The Kier molecular flexibility index (Phi) is 4.57. The van der Waals surface area contributed by atoms with E-state index in [0.717, 1.165) is 45.6 Å². The van der Waals surface area contributed by atoms with E-state index >= 15 is 0 Å². The van der Waals surface area contributed by atoms with Crippen LogP contribution in [0.25, 0.3) is 0 Å². The van der Waals surface area contributed by atoms with Crippen LogP contribution in [0.1, 0.15) is 23.5 Å². The summed E-state index contributed by atoms with van der Waals surface area (Å²) < 4.78 is 1.82. The summed E-state index contributed by atoms with van der Waals surface area (Å²) in [7, 11) is 1.93. The molecule has 1 aliphatic carbocycles. The van der Waals surface area contributed by atoms with Gasteiger partial charge in [0.05, 0.1) is 6.20 Å². The Morgan fingerprint density at radius 1 is 1.16 bits per heavy atom. The van der Waals surface area contributed by atoms with Crippen LogP contribution in [-0.2, 0) is 18.3 Å². The summed E-state index contributed by atoms with van der Waals surface area (Å²) in [5.41, 5.74) is 2.60. The summed E-state index contributed by atoms with van der Waals surface area (Å²) in [5, 5.41) is 4.22. The van der Waals surface area contributed by atoms with Gasteiger partial charge in [-0.15, -0.1) is 0 Å². The van der Waals surface area contributed by atoms with E-state index in [0.29, 0.717) is 11.8 Å². The van der Waals surface area contributed by atoms with E-state index in [1.165, 1.54) is 11.1 Å². The lowest BCUT2D eigenvalue weighted by Gasteiger charge is -2.35. The molecule has 2 fully saturated rings. The third kappa shape index (κ3) is 3.76. The van der Waals surface area contributed by atoms with Gasteiger partial charge >= 0.3 is 0 Å². The highest BCUT2D eigenvalue weighted by Gasteiger charge is 2.46. The minimum absolute atomic E-state index is 0.181. The second-order valence-electron chi connectivity index (χ2n) is 7.30. The van der Waals surface area contributed by atoms with Crippen LogP contribution in [0.3, 0.4) is 0 Å². The summed E-state index contributed by atoms with van der Waals surface area (Å²) in [6.45, 7) is 4.78. The number of aryl methyl sites for hydroxylation is 1. The topological polar surface area (TPSA) is 41.4 Å². The smallest absolute Gasteiger partial charge is 0.226 e. The van der Waals surface area contributed by atoms with Crippen molar-refractivity contribution in [3.8, 4) is 0 Å². The van der Waals surface area contributed by atoms with Gasteiger partial charge in [0.1, 0.15) is 0 Å². The maximum absolute atomic E-state index is 12.7. The van der Waals surface area contributed by atoms with Crippen molar-refractivity contribution in [1.29, 1.82) is 0 Å². The van der Waals surface area contributed by atoms with Crippen molar-refractivity contribution in [3.05, 3.63) is 53.9 Å². The maximum Gasteiger partial charge on any atom is 0.226 e. The van der Waals surface area contributed by atoms with Crippen molar-refractivity contribution < 1.29 is 4.79 Å². The number of amides is 1. The molecule has 0 N–H and O–H groups in total. The number of aromatic nitrogens is 2. The van der Waals surface area contributed by atoms with E-state index in [-0.39, 0.29) is 5.92 Å². The third-order valence-electron chi connectivity index (χ3n) is 5.50. The maximum atomic E-state index is 12.7. The fourth-order valence-electron chi connectivity index (χ4n) is 3.83. The SMILES string of the molecule is Cn1cc([C@@H]2C[C@H]2C(=O)N2CCN(CCc3ccccc3)CC2)cn1. The first-order valence-corrected chi connectivity index (χ1v) is 9.24. The molecule has 132 valence electrons. The van der Waals surface area contributed by atoms with Crippen molar-refractivity contribution in [2.45, 2.75) is 18.8 Å². The van der Waals surface area contributed by atoms with Crippen molar-refractivity contribution in [2.24, 2.45) is 13.0 Å². The highest BCUT2D eigenvalue weighted by Crippen LogP contribution is 2.48. The van der Waals surface area contributed by atoms with Crippen LogP contribution in [0, 0.1) is 5.92 Å². The van der Waals surface area contributed by atoms with Crippen LogP contribution >= 0.6 is 0 Å². The average molecular weight is 338 g/mol. The number of rotatable bonds is 5. The monoisotopic (exact) mass is 338 g/mol. The molecule has 2 aliphatic rings. The second kappa shape index (κ2) is 7.00. The molecule has 4 rings (SSSR count). The molecule has 2 atom stereocenters. The summed E-state index contributed by atoms with van der Waals surface area (Å²) in [6, 6.07) is 10.6. The first-order valence-electron chi connectivity index (χ1n) is 9.24. The molecule has 25 heavy (non-hydrogen) atoms. The third-order valence-corrected chi connectivity index (χ3v) is 5.50. The van der Waals surface area contributed by atoms with Gasteiger partial charge in [0.15, 0.2) is 0 Å². The van der Waals surface area contributed by atoms with E-state index < -0.39 is 0 Å². The molecule has 1 saturated heterocycles. The van der Waals surface area contributed by atoms with E-state index in [2.05, 4.69) is 45.2 Å². The molecule has 1 aromatic heterocycles. The Hall–Kier alpha value is -2.14. The lowest BCUT2D eigenvalue weighted by atomic mass is 10.1. The van der Waals surface area contributed by atoms with Gasteiger partial charge in [0, 0.05) is 51.9 Å². The zero-order valence-electron chi connectivity index (χ0n) is 14.8. The Labute approximate surface area is 149 Å². The van der Waals surface area contributed by atoms with Crippen LogP contribution in [0.15, 0.2) is 42.7 Å². The molecule has 0 unspecified atom stereocenters. The number of hydrogen-bond donors (Lipinski definition) is 0. The molecular formula is C20H26N4O. The van der Waals surface area contributed by atoms with E-state index in [1.807, 2.05) is 24.1 Å². The number of hydrogen-bond acceptors (Lipinski definition) is 3. The zero-order chi connectivity index (χ0) is 17.2.